The predicted molar refractivity (Wildman–Crippen MR) is 144 cm³/mol. The van der Waals surface area contributed by atoms with Gasteiger partial charge in [0.15, 0.2) is 0 Å². The summed E-state index contributed by atoms with van der Waals surface area (Å²) in [5.41, 5.74) is 5.67. The number of carbonyl (C=O) groups excluding carboxylic acids is 1. The van der Waals surface area contributed by atoms with Gasteiger partial charge in [-0.1, -0.05) is 6.07 Å². The number of piperazine rings is 1. The van der Waals surface area contributed by atoms with Crippen molar-refractivity contribution in [1.29, 1.82) is 0 Å². The molecule has 38 heavy (non-hydrogen) atoms. The highest BCUT2D eigenvalue weighted by Gasteiger charge is 2.22. The van der Waals surface area contributed by atoms with Crippen LogP contribution in [-0.2, 0) is 18.3 Å². The van der Waals surface area contributed by atoms with Gasteiger partial charge in [0.05, 0.1) is 24.3 Å². The first kappa shape index (κ1) is 23.7. The van der Waals surface area contributed by atoms with Gasteiger partial charge in [0.1, 0.15) is 11.6 Å². The molecule has 5 aromatic rings. The third kappa shape index (κ3) is 4.82. The van der Waals surface area contributed by atoms with Gasteiger partial charge < -0.3 is 9.80 Å². The predicted octanol–water partition coefficient (Wildman–Crippen LogP) is 4.12. The van der Waals surface area contributed by atoms with E-state index in [9.17, 15) is 9.18 Å². The van der Waals surface area contributed by atoms with E-state index in [-0.39, 0.29) is 12.3 Å². The number of fused-ring (bicyclic) bond motifs is 1. The van der Waals surface area contributed by atoms with Crippen LogP contribution in [0.25, 0.3) is 33.2 Å². The Morgan fingerprint density at radius 1 is 0.895 bits per heavy atom. The van der Waals surface area contributed by atoms with E-state index in [2.05, 4.69) is 44.2 Å². The van der Waals surface area contributed by atoms with Gasteiger partial charge in [0.25, 0.3) is 0 Å². The first-order chi connectivity index (χ1) is 18.5. The number of nitrogens with zero attached hydrogens (tertiary/aromatic N) is 7. The molecule has 0 atom stereocenters. The van der Waals surface area contributed by atoms with E-state index in [1.165, 1.54) is 6.07 Å². The zero-order chi connectivity index (χ0) is 26.1. The third-order valence-corrected chi connectivity index (χ3v) is 6.90. The van der Waals surface area contributed by atoms with Crippen molar-refractivity contribution in [3.63, 3.8) is 0 Å². The minimum absolute atomic E-state index is 0.000973. The van der Waals surface area contributed by atoms with Gasteiger partial charge in [-0.25, -0.2) is 9.37 Å². The highest BCUT2D eigenvalue weighted by atomic mass is 19.1. The Bertz CT molecular complexity index is 1590. The summed E-state index contributed by atoms with van der Waals surface area (Å²) in [7, 11) is 1.91. The Hall–Kier alpha value is -4.66. The maximum Gasteiger partial charge on any atom is 0.228 e. The summed E-state index contributed by atoms with van der Waals surface area (Å²) in [5, 5.41) is 5.38. The van der Waals surface area contributed by atoms with Crippen LogP contribution in [0.2, 0.25) is 0 Å². The number of carbonyl (C=O) groups is 1. The first-order valence-electron chi connectivity index (χ1n) is 12.5. The van der Waals surface area contributed by atoms with Crippen LogP contribution in [0.15, 0.2) is 79.5 Å². The van der Waals surface area contributed by atoms with Crippen LogP contribution in [-0.4, -0.2) is 61.7 Å². The second-order valence-electron chi connectivity index (χ2n) is 9.41. The molecular weight excluding hydrogens is 481 g/mol. The molecule has 8 nitrogen and oxygen atoms in total. The van der Waals surface area contributed by atoms with Crippen LogP contribution >= 0.6 is 0 Å². The molecule has 0 bridgehead atoms. The summed E-state index contributed by atoms with van der Waals surface area (Å²) in [6.45, 7) is 2.59. The van der Waals surface area contributed by atoms with Crippen molar-refractivity contribution < 1.29 is 9.18 Å². The third-order valence-electron chi connectivity index (χ3n) is 6.90. The molecule has 190 valence electrons. The molecule has 6 rings (SSSR count). The van der Waals surface area contributed by atoms with Crippen molar-refractivity contribution in [2.75, 3.05) is 31.1 Å². The number of pyridine rings is 3. The second kappa shape index (κ2) is 10.0. The number of hydrogen-bond acceptors (Lipinski definition) is 6. The Kier molecular flexibility index (Phi) is 6.25. The van der Waals surface area contributed by atoms with Gasteiger partial charge in [-0.3, -0.25) is 19.4 Å². The van der Waals surface area contributed by atoms with E-state index in [4.69, 9.17) is 4.98 Å². The molecule has 1 amide bonds. The number of halogens is 1. The number of amides is 1. The molecule has 1 aliphatic heterocycles. The average molecular weight is 508 g/mol. The van der Waals surface area contributed by atoms with E-state index in [0.717, 1.165) is 45.2 Å². The molecule has 0 N–H and O–H groups in total. The quantitative estimate of drug-likeness (QED) is 0.356. The van der Waals surface area contributed by atoms with E-state index < -0.39 is 5.82 Å². The molecule has 1 fully saturated rings. The molecule has 0 radical (unpaired) electrons. The van der Waals surface area contributed by atoms with E-state index in [1.807, 2.05) is 42.7 Å². The fourth-order valence-corrected chi connectivity index (χ4v) is 4.85. The fraction of sp³-hybridized carbons (Fsp3) is 0.207. The topological polar surface area (TPSA) is 80.0 Å². The molecule has 0 unspecified atom stereocenters. The molecule has 1 aromatic carbocycles. The summed E-state index contributed by atoms with van der Waals surface area (Å²) in [6, 6.07) is 15.3. The first-order valence-corrected chi connectivity index (χ1v) is 12.5. The standard InChI is InChI=1S/C29H26FN7O/c1-35-19-22(17-34-35)21-13-26(25-3-2-8-31-27(25)14-21)20-4-7-28(33-16-20)36-9-11-37(12-10-36)29(38)15-24-6-5-23(30)18-32-24/h2-8,13-14,16-19H,9-12,15H2,1H3. The minimum atomic E-state index is -0.403. The normalized spacial score (nSPS) is 13.7. The van der Waals surface area contributed by atoms with Crippen LogP contribution < -0.4 is 4.90 Å². The van der Waals surface area contributed by atoms with Crippen molar-refractivity contribution in [2.45, 2.75) is 6.42 Å². The molecule has 1 aliphatic rings. The van der Waals surface area contributed by atoms with Gasteiger partial charge in [-0.15, -0.1) is 0 Å². The maximum atomic E-state index is 13.1. The summed E-state index contributed by atoms with van der Waals surface area (Å²) in [6.07, 6.45) is 8.88. The summed E-state index contributed by atoms with van der Waals surface area (Å²) in [5.74, 6) is 0.479. The van der Waals surface area contributed by atoms with Crippen molar-refractivity contribution in [2.24, 2.45) is 7.05 Å². The van der Waals surface area contributed by atoms with Gasteiger partial charge >= 0.3 is 0 Å². The van der Waals surface area contributed by atoms with Crippen molar-refractivity contribution in [1.82, 2.24) is 29.6 Å². The lowest BCUT2D eigenvalue weighted by atomic mass is 9.97. The van der Waals surface area contributed by atoms with Crippen molar-refractivity contribution >= 4 is 22.6 Å². The molecule has 0 aliphatic carbocycles. The van der Waals surface area contributed by atoms with Gasteiger partial charge in [-0.2, -0.15) is 5.10 Å². The second-order valence-corrected chi connectivity index (χ2v) is 9.41. The van der Waals surface area contributed by atoms with Crippen molar-refractivity contribution in [3.05, 3.63) is 91.0 Å². The van der Waals surface area contributed by atoms with Crippen LogP contribution in [0, 0.1) is 5.82 Å². The number of anilines is 1. The maximum absolute atomic E-state index is 13.1. The lowest BCUT2D eigenvalue weighted by Gasteiger charge is -2.35. The highest BCUT2D eigenvalue weighted by molar-refractivity contribution is 5.98. The number of aryl methyl sites for hydroxylation is 1. The monoisotopic (exact) mass is 507 g/mol. The fourth-order valence-electron chi connectivity index (χ4n) is 4.85. The Morgan fingerprint density at radius 3 is 2.47 bits per heavy atom. The smallest absolute Gasteiger partial charge is 0.228 e. The Morgan fingerprint density at radius 2 is 1.76 bits per heavy atom. The zero-order valence-corrected chi connectivity index (χ0v) is 21.0. The Labute approximate surface area is 219 Å². The lowest BCUT2D eigenvalue weighted by molar-refractivity contribution is -0.130. The van der Waals surface area contributed by atoms with Crippen LogP contribution in [0.4, 0.5) is 10.2 Å². The summed E-state index contributed by atoms with van der Waals surface area (Å²) in [4.78, 5) is 30.1. The largest absolute Gasteiger partial charge is 0.353 e. The number of aromatic nitrogens is 5. The summed E-state index contributed by atoms with van der Waals surface area (Å²) < 4.78 is 14.9. The van der Waals surface area contributed by atoms with Crippen LogP contribution in [0.3, 0.4) is 0 Å². The molecule has 0 saturated carbocycles. The molecule has 4 aromatic heterocycles. The van der Waals surface area contributed by atoms with Crippen LogP contribution in [0.5, 0.6) is 0 Å². The molecule has 9 heteroatoms. The molecular formula is C29H26FN7O. The van der Waals surface area contributed by atoms with Gasteiger partial charge in [0, 0.05) is 74.0 Å². The zero-order valence-electron chi connectivity index (χ0n) is 21.0. The molecule has 0 spiro atoms. The Balaban J connectivity index is 1.18. The van der Waals surface area contributed by atoms with E-state index in [1.54, 1.807) is 16.9 Å². The van der Waals surface area contributed by atoms with Gasteiger partial charge in [-0.05, 0) is 53.6 Å². The minimum Gasteiger partial charge on any atom is -0.353 e. The van der Waals surface area contributed by atoms with E-state index >= 15 is 0 Å². The molecule has 1 saturated heterocycles. The average Bonchev–Trinajstić information content (AvgIpc) is 3.40. The van der Waals surface area contributed by atoms with Crippen LogP contribution in [0.1, 0.15) is 5.69 Å². The van der Waals surface area contributed by atoms with E-state index in [0.29, 0.717) is 31.9 Å². The van der Waals surface area contributed by atoms with Gasteiger partial charge in [0.2, 0.25) is 5.91 Å². The number of rotatable bonds is 5. The SMILES string of the molecule is Cn1cc(-c2cc(-c3ccc(N4CCN(C(=O)Cc5ccc(F)cn5)CC4)nc3)c3cccnc3c2)cn1. The summed E-state index contributed by atoms with van der Waals surface area (Å²) >= 11 is 0. The number of benzene rings is 1. The van der Waals surface area contributed by atoms with Crippen molar-refractivity contribution in [3.8, 4) is 22.3 Å². The lowest BCUT2D eigenvalue weighted by Crippen LogP contribution is -2.49. The molecule has 5 heterocycles. The number of hydrogen-bond donors (Lipinski definition) is 0. The highest BCUT2D eigenvalue weighted by Crippen LogP contribution is 2.33.